The van der Waals surface area contributed by atoms with Gasteiger partial charge < -0.3 is 10.1 Å². The summed E-state index contributed by atoms with van der Waals surface area (Å²) in [7, 11) is 0. The Balaban J connectivity index is 1.92. The van der Waals surface area contributed by atoms with Gasteiger partial charge in [-0.3, -0.25) is 4.79 Å². The van der Waals surface area contributed by atoms with E-state index in [0.717, 1.165) is 29.3 Å². The molecule has 0 saturated carbocycles. The van der Waals surface area contributed by atoms with Gasteiger partial charge >= 0.3 is 0 Å². The minimum atomic E-state index is -0.340. The number of aromatic nitrogens is 1. The van der Waals surface area contributed by atoms with Crippen molar-refractivity contribution in [1.82, 2.24) is 4.98 Å². The lowest BCUT2D eigenvalue weighted by Crippen LogP contribution is -2.26. The first kappa shape index (κ1) is 12.4. The van der Waals surface area contributed by atoms with Crippen LogP contribution < -0.4 is 5.32 Å². The number of carbonyl (C=O) groups is 1. The number of anilines is 1. The number of hydrogen-bond acceptors (Lipinski definition) is 3. The van der Waals surface area contributed by atoms with Crippen LogP contribution in [0.5, 0.6) is 0 Å². The molecule has 2 aromatic rings. The lowest BCUT2D eigenvalue weighted by atomic mass is 10.1. The molecule has 0 spiro atoms. The molecular formula is C14H13ClN2O2. The molecule has 1 amide bonds. The van der Waals surface area contributed by atoms with Crippen molar-refractivity contribution in [3.05, 3.63) is 35.6 Å². The van der Waals surface area contributed by atoms with Crippen molar-refractivity contribution in [3.8, 4) is 0 Å². The summed E-state index contributed by atoms with van der Waals surface area (Å²) in [5, 5.41) is 5.05. The van der Waals surface area contributed by atoms with E-state index in [9.17, 15) is 4.79 Å². The first-order chi connectivity index (χ1) is 9.25. The van der Waals surface area contributed by atoms with E-state index >= 15 is 0 Å². The summed E-state index contributed by atoms with van der Waals surface area (Å²) in [4.78, 5) is 16.1. The molecule has 98 valence electrons. The molecule has 0 radical (unpaired) electrons. The zero-order valence-electron chi connectivity index (χ0n) is 10.2. The molecule has 1 saturated heterocycles. The molecule has 1 aromatic heterocycles. The molecule has 1 fully saturated rings. The van der Waals surface area contributed by atoms with Crippen molar-refractivity contribution >= 4 is 34.0 Å². The molecule has 4 nitrogen and oxygen atoms in total. The lowest BCUT2D eigenvalue weighted by molar-refractivity contribution is -0.124. The highest BCUT2D eigenvalue weighted by Gasteiger charge is 2.23. The summed E-state index contributed by atoms with van der Waals surface area (Å²) in [6.07, 6.45) is 3.00. The maximum atomic E-state index is 12.1. The van der Waals surface area contributed by atoms with Gasteiger partial charge in [0, 0.05) is 29.3 Å². The number of pyridine rings is 1. The summed E-state index contributed by atoms with van der Waals surface area (Å²) >= 11 is 6.04. The Bertz CT molecular complexity index is 624. The van der Waals surface area contributed by atoms with Crippen LogP contribution >= 0.6 is 11.6 Å². The van der Waals surface area contributed by atoms with Crippen LogP contribution in [0.2, 0.25) is 5.15 Å². The second-order valence-corrected chi connectivity index (χ2v) is 4.85. The fourth-order valence-corrected chi connectivity index (χ4v) is 2.50. The van der Waals surface area contributed by atoms with Gasteiger partial charge in [0.05, 0.1) is 0 Å². The number of benzene rings is 1. The number of amides is 1. The van der Waals surface area contributed by atoms with Gasteiger partial charge in [-0.05, 0) is 25.0 Å². The number of hydrogen-bond donors (Lipinski definition) is 1. The molecule has 1 atom stereocenters. The van der Waals surface area contributed by atoms with Crippen molar-refractivity contribution < 1.29 is 9.53 Å². The Hall–Kier alpha value is -1.65. The Morgan fingerprint density at radius 3 is 3.05 bits per heavy atom. The number of ether oxygens (including phenoxy) is 1. The average molecular weight is 277 g/mol. The zero-order chi connectivity index (χ0) is 13.2. The van der Waals surface area contributed by atoms with Crippen molar-refractivity contribution in [2.24, 2.45) is 0 Å². The maximum Gasteiger partial charge on any atom is 0.253 e. The zero-order valence-corrected chi connectivity index (χ0v) is 11.0. The summed E-state index contributed by atoms with van der Waals surface area (Å²) < 4.78 is 5.37. The number of fused-ring (bicyclic) bond motifs is 1. The largest absolute Gasteiger partial charge is 0.368 e. The topological polar surface area (TPSA) is 51.2 Å². The third-order valence-electron chi connectivity index (χ3n) is 3.24. The number of nitrogens with zero attached hydrogens (tertiary/aromatic N) is 1. The Morgan fingerprint density at radius 1 is 1.37 bits per heavy atom. The van der Waals surface area contributed by atoms with Crippen molar-refractivity contribution in [2.75, 3.05) is 11.9 Å². The average Bonchev–Trinajstić information content (AvgIpc) is 2.94. The summed E-state index contributed by atoms with van der Waals surface area (Å²) in [6.45, 7) is 0.656. The summed E-state index contributed by atoms with van der Waals surface area (Å²) in [6, 6.07) is 7.42. The van der Waals surface area contributed by atoms with Crippen LogP contribution in [0.4, 0.5) is 5.69 Å². The van der Waals surface area contributed by atoms with E-state index in [1.165, 1.54) is 0 Å². The number of nitrogens with one attached hydrogen (secondary N) is 1. The molecule has 1 aromatic carbocycles. The van der Waals surface area contributed by atoms with E-state index in [-0.39, 0.29) is 12.0 Å². The second kappa shape index (κ2) is 5.15. The molecule has 1 N–H and O–H groups in total. The minimum Gasteiger partial charge on any atom is -0.368 e. The standard InChI is InChI=1S/C14H13ClN2O2/c15-13-10-3-1-4-11(9(10)6-7-16-13)17-14(18)12-5-2-8-19-12/h1,3-4,6-7,12H,2,5,8H2,(H,17,18)/t12-/m1/s1. The van der Waals surface area contributed by atoms with Gasteiger partial charge in [-0.15, -0.1) is 0 Å². The highest BCUT2D eigenvalue weighted by Crippen LogP contribution is 2.28. The summed E-state index contributed by atoms with van der Waals surface area (Å²) in [5.41, 5.74) is 0.738. The molecule has 19 heavy (non-hydrogen) atoms. The van der Waals surface area contributed by atoms with Gasteiger partial charge in [0.25, 0.3) is 5.91 Å². The van der Waals surface area contributed by atoms with Gasteiger partial charge in [-0.1, -0.05) is 23.7 Å². The second-order valence-electron chi connectivity index (χ2n) is 4.49. The molecular weight excluding hydrogens is 264 g/mol. The van der Waals surface area contributed by atoms with Crippen LogP contribution in [0.3, 0.4) is 0 Å². The van der Waals surface area contributed by atoms with Crippen LogP contribution in [-0.4, -0.2) is 23.6 Å². The van der Waals surface area contributed by atoms with Gasteiger partial charge in [0.1, 0.15) is 11.3 Å². The molecule has 1 aliphatic rings. The van der Waals surface area contributed by atoms with E-state index in [4.69, 9.17) is 16.3 Å². The van der Waals surface area contributed by atoms with Crippen LogP contribution in [0.1, 0.15) is 12.8 Å². The molecule has 0 aliphatic carbocycles. The number of rotatable bonds is 2. The fourth-order valence-electron chi connectivity index (χ4n) is 2.28. The van der Waals surface area contributed by atoms with Gasteiger partial charge in [0.2, 0.25) is 0 Å². The van der Waals surface area contributed by atoms with Gasteiger partial charge in [0.15, 0.2) is 0 Å². The van der Waals surface area contributed by atoms with Crippen LogP contribution in [0.15, 0.2) is 30.5 Å². The number of carbonyl (C=O) groups excluding carboxylic acids is 1. The third-order valence-corrected chi connectivity index (χ3v) is 3.54. The highest BCUT2D eigenvalue weighted by atomic mass is 35.5. The van der Waals surface area contributed by atoms with Crippen molar-refractivity contribution in [3.63, 3.8) is 0 Å². The highest BCUT2D eigenvalue weighted by molar-refractivity contribution is 6.34. The molecule has 1 aliphatic heterocycles. The quantitative estimate of drug-likeness (QED) is 0.858. The van der Waals surface area contributed by atoms with Crippen LogP contribution in [-0.2, 0) is 9.53 Å². The molecule has 3 rings (SSSR count). The van der Waals surface area contributed by atoms with E-state index in [2.05, 4.69) is 10.3 Å². The predicted octanol–water partition coefficient (Wildman–Crippen LogP) is 3.01. The summed E-state index contributed by atoms with van der Waals surface area (Å²) in [5.74, 6) is -0.0991. The first-order valence-electron chi connectivity index (χ1n) is 6.21. The predicted molar refractivity (Wildman–Crippen MR) is 74.4 cm³/mol. The monoisotopic (exact) mass is 276 g/mol. The molecule has 0 bridgehead atoms. The SMILES string of the molecule is O=C(Nc1cccc2c(Cl)nccc12)[C@H]1CCCO1. The van der Waals surface area contributed by atoms with E-state index in [1.54, 1.807) is 6.20 Å². The smallest absolute Gasteiger partial charge is 0.253 e. The van der Waals surface area contributed by atoms with E-state index in [0.29, 0.717) is 11.8 Å². The maximum absolute atomic E-state index is 12.1. The normalized spacial score (nSPS) is 18.7. The molecule has 0 unspecified atom stereocenters. The Kier molecular flexibility index (Phi) is 3.36. The minimum absolute atomic E-state index is 0.0991. The van der Waals surface area contributed by atoms with Crippen LogP contribution in [0.25, 0.3) is 10.8 Å². The van der Waals surface area contributed by atoms with Crippen molar-refractivity contribution in [1.29, 1.82) is 0 Å². The van der Waals surface area contributed by atoms with E-state index in [1.807, 2.05) is 24.3 Å². The fraction of sp³-hybridized carbons (Fsp3) is 0.286. The third kappa shape index (κ3) is 2.41. The van der Waals surface area contributed by atoms with Crippen molar-refractivity contribution in [2.45, 2.75) is 18.9 Å². The van der Waals surface area contributed by atoms with Gasteiger partial charge in [-0.2, -0.15) is 0 Å². The molecule has 5 heteroatoms. The number of halogens is 1. The van der Waals surface area contributed by atoms with Gasteiger partial charge in [-0.25, -0.2) is 4.98 Å². The van der Waals surface area contributed by atoms with Crippen LogP contribution in [0, 0.1) is 0 Å². The Labute approximate surface area is 115 Å². The first-order valence-corrected chi connectivity index (χ1v) is 6.59. The Morgan fingerprint density at radius 2 is 2.26 bits per heavy atom. The lowest BCUT2D eigenvalue weighted by Gasteiger charge is -2.12. The molecule has 2 heterocycles. The van der Waals surface area contributed by atoms with E-state index < -0.39 is 0 Å².